The van der Waals surface area contributed by atoms with Crippen molar-refractivity contribution in [3.8, 4) is 0 Å². The van der Waals surface area contributed by atoms with Crippen LogP contribution in [0, 0.1) is 0 Å². The fourth-order valence-corrected chi connectivity index (χ4v) is 2.53. The summed E-state index contributed by atoms with van der Waals surface area (Å²) in [5, 5.41) is 4.87. The molecule has 0 unspecified atom stereocenters. The fourth-order valence-electron chi connectivity index (χ4n) is 1.97. The summed E-state index contributed by atoms with van der Waals surface area (Å²) in [5.41, 5.74) is 1.25. The highest BCUT2D eigenvalue weighted by Crippen LogP contribution is 2.32. The second-order valence-electron chi connectivity index (χ2n) is 3.69. The highest BCUT2D eigenvalue weighted by atomic mass is 35.5. The second kappa shape index (κ2) is 5.95. The molecule has 1 nitrogen and oxygen atoms in total. The number of hydrogen-bond donors (Lipinski definition) is 1. The van der Waals surface area contributed by atoms with Crippen LogP contribution in [0.5, 0.6) is 0 Å². The molecule has 1 N–H and O–H groups in total. The van der Waals surface area contributed by atoms with Crippen molar-refractivity contribution in [1.29, 1.82) is 0 Å². The van der Waals surface area contributed by atoms with Gasteiger partial charge >= 0.3 is 0 Å². The minimum Gasteiger partial charge on any atom is -0.317 e. The highest BCUT2D eigenvalue weighted by Gasteiger charge is 2.17. The van der Waals surface area contributed by atoms with Crippen LogP contribution in [0.4, 0.5) is 0 Å². The van der Waals surface area contributed by atoms with Crippen LogP contribution in [0.15, 0.2) is 18.2 Å². The van der Waals surface area contributed by atoms with Crippen LogP contribution in [0.2, 0.25) is 10.0 Å². The number of piperidine rings is 1. The summed E-state index contributed by atoms with van der Waals surface area (Å²) in [6.07, 6.45) is 2.34. The minimum atomic E-state index is 0. The molecule has 0 saturated carbocycles. The lowest BCUT2D eigenvalue weighted by Gasteiger charge is -2.23. The summed E-state index contributed by atoms with van der Waals surface area (Å²) in [4.78, 5) is 0. The van der Waals surface area contributed by atoms with Crippen molar-refractivity contribution in [2.75, 3.05) is 13.1 Å². The molecule has 1 aromatic carbocycles. The van der Waals surface area contributed by atoms with E-state index in [4.69, 9.17) is 23.2 Å². The Morgan fingerprint density at radius 2 is 1.80 bits per heavy atom. The quantitative estimate of drug-likeness (QED) is 0.813. The van der Waals surface area contributed by atoms with Gasteiger partial charge in [0, 0.05) is 10.0 Å². The number of nitrogens with one attached hydrogen (secondary N) is 1. The zero-order valence-electron chi connectivity index (χ0n) is 8.30. The largest absolute Gasteiger partial charge is 0.317 e. The van der Waals surface area contributed by atoms with Gasteiger partial charge in [0.05, 0.1) is 0 Å². The Balaban J connectivity index is 0.00000112. The number of halogens is 3. The standard InChI is InChI=1S/C11H13Cl2N.ClH/c12-9-1-2-10(11(13)7-9)8-3-5-14-6-4-8;/h1-2,7-8,14H,3-6H2;1H. The van der Waals surface area contributed by atoms with Crippen molar-refractivity contribution in [1.82, 2.24) is 5.32 Å². The van der Waals surface area contributed by atoms with Crippen molar-refractivity contribution in [2.45, 2.75) is 18.8 Å². The first-order valence-electron chi connectivity index (χ1n) is 4.93. The first-order valence-corrected chi connectivity index (χ1v) is 5.68. The number of rotatable bonds is 1. The van der Waals surface area contributed by atoms with Crippen molar-refractivity contribution >= 4 is 35.6 Å². The van der Waals surface area contributed by atoms with E-state index in [0.29, 0.717) is 10.9 Å². The molecule has 2 rings (SSSR count). The molecule has 1 aliphatic heterocycles. The van der Waals surface area contributed by atoms with Crippen LogP contribution in [0.3, 0.4) is 0 Å². The van der Waals surface area contributed by atoms with E-state index in [1.807, 2.05) is 12.1 Å². The van der Waals surface area contributed by atoms with E-state index in [2.05, 4.69) is 11.4 Å². The Bertz CT molecular complexity index is 322. The summed E-state index contributed by atoms with van der Waals surface area (Å²) in [5.74, 6) is 0.598. The van der Waals surface area contributed by atoms with E-state index in [0.717, 1.165) is 18.1 Å². The summed E-state index contributed by atoms with van der Waals surface area (Å²) in [7, 11) is 0. The van der Waals surface area contributed by atoms with E-state index in [-0.39, 0.29) is 12.4 Å². The zero-order valence-corrected chi connectivity index (χ0v) is 10.6. The lowest BCUT2D eigenvalue weighted by atomic mass is 9.90. The van der Waals surface area contributed by atoms with Crippen LogP contribution in [-0.2, 0) is 0 Å². The van der Waals surface area contributed by atoms with Gasteiger partial charge in [0.1, 0.15) is 0 Å². The van der Waals surface area contributed by atoms with Gasteiger partial charge in [-0.05, 0) is 49.5 Å². The summed E-state index contributed by atoms with van der Waals surface area (Å²) in [6.45, 7) is 2.17. The molecule has 0 amide bonds. The number of hydrogen-bond acceptors (Lipinski definition) is 1. The van der Waals surface area contributed by atoms with Crippen LogP contribution in [0.1, 0.15) is 24.3 Å². The molecule has 0 aliphatic carbocycles. The van der Waals surface area contributed by atoms with Crippen molar-refractivity contribution in [2.24, 2.45) is 0 Å². The fraction of sp³-hybridized carbons (Fsp3) is 0.455. The number of benzene rings is 1. The van der Waals surface area contributed by atoms with Gasteiger partial charge in [-0.25, -0.2) is 0 Å². The average Bonchev–Trinajstić information content (AvgIpc) is 2.19. The molecule has 0 bridgehead atoms. The Morgan fingerprint density at radius 3 is 2.40 bits per heavy atom. The van der Waals surface area contributed by atoms with Gasteiger partial charge in [0.15, 0.2) is 0 Å². The smallest absolute Gasteiger partial charge is 0.0455 e. The van der Waals surface area contributed by atoms with E-state index in [1.54, 1.807) is 0 Å². The molecule has 1 aliphatic rings. The van der Waals surface area contributed by atoms with Crippen molar-refractivity contribution in [3.63, 3.8) is 0 Å². The summed E-state index contributed by atoms with van der Waals surface area (Å²) >= 11 is 12.0. The third-order valence-electron chi connectivity index (χ3n) is 2.74. The first kappa shape index (κ1) is 13.1. The third kappa shape index (κ3) is 3.25. The van der Waals surface area contributed by atoms with Gasteiger partial charge in [-0.1, -0.05) is 29.3 Å². The summed E-state index contributed by atoms with van der Waals surface area (Å²) in [6, 6.07) is 5.81. The Kier molecular flexibility index (Phi) is 5.20. The third-order valence-corrected chi connectivity index (χ3v) is 3.30. The van der Waals surface area contributed by atoms with E-state index in [1.165, 1.54) is 18.4 Å². The molecule has 0 aromatic heterocycles. The molecule has 1 heterocycles. The van der Waals surface area contributed by atoms with Crippen LogP contribution < -0.4 is 5.32 Å². The maximum Gasteiger partial charge on any atom is 0.0455 e. The molecule has 4 heteroatoms. The SMILES string of the molecule is Cl.Clc1ccc(C2CCNCC2)c(Cl)c1. The molecule has 1 fully saturated rings. The van der Waals surface area contributed by atoms with E-state index >= 15 is 0 Å². The molecule has 15 heavy (non-hydrogen) atoms. The van der Waals surface area contributed by atoms with Crippen LogP contribution in [0.25, 0.3) is 0 Å². The molecular formula is C11H14Cl3N. The maximum atomic E-state index is 6.16. The molecule has 0 radical (unpaired) electrons. The molecular weight excluding hydrogens is 252 g/mol. The molecule has 0 atom stereocenters. The van der Waals surface area contributed by atoms with E-state index in [9.17, 15) is 0 Å². The molecule has 1 saturated heterocycles. The zero-order chi connectivity index (χ0) is 9.97. The Morgan fingerprint density at radius 1 is 1.13 bits per heavy atom. The van der Waals surface area contributed by atoms with Crippen LogP contribution in [-0.4, -0.2) is 13.1 Å². The Labute approximate surface area is 107 Å². The highest BCUT2D eigenvalue weighted by molar-refractivity contribution is 6.35. The normalized spacial score (nSPS) is 17.2. The van der Waals surface area contributed by atoms with Gasteiger partial charge in [-0.3, -0.25) is 0 Å². The van der Waals surface area contributed by atoms with Gasteiger partial charge < -0.3 is 5.32 Å². The predicted octanol–water partition coefficient (Wildman–Crippen LogP) is 3.88. The topological polar surface area (TPSA) is 12.0 Å². The van der Waals surface area contributed by atoms with E-state index < -0.39 is 0 Å². The first-order chi connectivity index (χ1) is 6.77. The van der Waals surface area contributed by atoms with Gasteiger partial charge in [-0.2, -0.15) is 0 Å². The van der Waals surface area contributed by atoms with Gasteiger partial charge in [0.25, 0.3) is 0 Å². The van der Waals surface area contributed by atoms with Crippen molar-refractivity contribution < 1.29 is 0 Å². The maximum absolute atomic E-state index is 6.16. The molecule has 0 spiro atoms. The molecule has 84 valence electrons. The molecule has 1 aromatic rings. The second-order valence-corrected chi connectivity index (χ2v) is 4.53. The van der Waals surface area contributed by atoms with Gasteiger partial charge in [-0.15, -0.1) is 12.4 Å². The van der Waals surface area contributed by atoms with Gasteiger partial charge in [0.2, 0.25) is 0 Å². The lowest BCUT2D eigenvalue weighted by molar-refractivity contribution is 0.460. The summed E-state index contributed by atoms with van der Waals surface area (Å²) < 4.78 is 0. The monoisotopic (exact) mass is 265 g/mol. The predicted molar refractivity (Wildman–Crippen MR) is 68.6 cm³/mol. The lowest BCUT2D eigenvalue weighted by Crippen LogP contribution is -2.26. The van der Waals surface area contributed by atoms with Crippen LogP contribution >= 0.6 is 35.6 Å². The Hall–Kier alpha value is 0.0500. The van der Waals surface area contributed by atoms with Crippen molar-refractivity contribution in [3.05, 3.63) is 33.8 Å². The minimum absolute atomic E-state index is 0. The average molecular weight is 267 g/mol.